The van der Waals surface area contributed by atoms with Gasteiger partial charge in [-0.1, -0.05) is 0 Å². The Morgan fingerprint density at radius 3 is 2.85 bits per heavy atom. The second-order valence-corrected chi connectivity index (χ2v) is 6.25. The minimum Gasteiger partial charge on any atom is -0.444 e. The Kier molecular flexibility index (Phi) is 4.65. The molecular formula is C14H24N4O2. The molecule has 2 atom stereocenters. The second-order valence-electron chi connectivity index (χ2n) is 6.25. The molecule has 2 rings (SSSR count). The van der Waals surface area contributed by atoms with Crippen LogP contribution in [-0.4, -0.2) is 33.7 Å². The number of hydrogen-bond acceptors (Lipinski definition) is 4. The van der Waals surface area contributed by atoms with Crippen LogP contribution in [0.1, 0.15) is 45.7 Å². The van der Waals surface area contributed by atoms with Crippen molar-refractivity contribution in [3.05, 3.63) is 18.2 Å². The summed E-state index contributed by atoms with van der Waals surface area (Å²) in [6.07, 6.45) is 6.30. The van der Waals surface area contributed by atoms with Gasteiger partial charge < -0.3 is 20.4 Å². The second kappa shape index (κ2) is 6.26. The van der Waals surface area contributed by atoms with Crippen molar-refractivity contribution in [2.75, 3.05) is 0 Å². The van der Waals surface area contributed by atoms with Gasteiger partial charge in [-0.25, -0.2) is 9.78 Å². The van der Waals surface area contributed by atoms with E-state index in [0.717, 1.165) is 31.5 Å². The zero-order valence-corrected chi connectivity index (χ0v) is 12.4. The third kappa shape index (κ3) is 4.52. The number of imidazole rings is 1. The maximum absolute atomic E-state index is 11.8. The molecule has 0 spiro atoms. The minimum atomic E-state index is -0.457. The Bertz CT molecular complexity index is 425. The largest absolute Gasteiger partial charge is 0.444 e. The Labute approximate surface area is 119 Å². The number of ether oxygens (including phenoxy) is 1. The molecule has 0 aliphatic heterocycles. The van der Waals surface area contributed by atoms with Gasteiger partial charge in [-0.05, 0) is 40.0 Å². The molecule has 6 heteroatoms. The van der Waals surface area contributed by atoms with Gasteiger partial charge in [0.15, 0.2) is 0 Å². The van der Waals surface area contributed by atoms with Crippen LogP contribution in [0, 0.1) is 0 Å². The third-order valence-electron chi connectivity index (χ3n) is 3.33. The van der Waals surface area contributed by atoms with Gasteiger partial charge in [0.05, 0.1) is 6.33 Å². The molecule has 0 saturated heterocycles. The molecule has 1 aliphatic rings. The van der Waals surface area contributed by atoms with Gasteiger partial charge in [-0.15, -0.1) is 0 Å². The van der Waals surface area contributed by atoms with E-state index < -0.39 is 5.60 Å². The van der Waals surface area contributed by atoms with Crippen LogP contribution in [-0.2, 0) is 11.3 Å². The molecule has 0 bridgehead atoms. The molecule has 0 radical (unpaired) electrons. The maximum Gasteiger partial charge on any atom is 0.407 e. The zero-order chi connectivity index (χ0) is 14.6. The van der Waals surface area contributed by atoms with E-state index in [1.54, 1.807) is 12.5 Å². The molecule has 1 saturated carbocycles. The van der Waals surface area contributed by atoms with E-state index in [4.69, 9.17) is 4.74 Å². The van der Waals surface area contributed by atoms with Crippen LogP contribution >= 0.6 is 0 Å². The van der Waals surface area contributed by atoms with Crippen molar-refractivity contribution in [2.24, 2.45) is 0 Å². The summed E-state index contributed by atoms with van der Waals surface area (Å²) >= 11 is 0. The summed E-state index contributed by atoms with van der Waals surface area (Å²) in [6.45, 7) is 6.34. The van der Waals surface area contributed by atoms with E-state index >= 15 is 0 Å². The highest BCUT2D eigenvalue weighted by Gasteiger charge is 2.29. The number of alkyl carbamates (subject to hydrolysis) is 1. The van der Waals surface area contributed by atoms with Crippen molar-refractivity contribution < 1.29 is 9.53 Å². The van der Waals surface area contributed by atoms with E-state index in [0.29, 0.717) is 0 Å². The van der Waals surface area contributed by atoms with Crippen LogP contribution in [0.3, 0.4) is 0 Å². The smallest absolute Gasteiger partial charge is 0.407 e. The Balaban J connectivity index is 1.80. The number of carbonyl (C=O) groups excluding carboxylic acids is 1. The summed E-state index contributed by atoms with van der Waals surface area (Å²) in [5.74, 6) is 0. The molecule has 1 aromatic heterocycles. The Morgan fingerprint density at radius 2 is 2.20 bits per heavy atom. The van der Waals surface area contributed by atoms with Gasteiger partial charge in [-0.2, -0.15) is 0 Å². The van der Waals surface area contributed by atoms with Crippen LogP contribution in [0.25, 0.3) is 0 Å². The van der Waals surface area contributed by atoms with Crippen LogP contribution in [0.2, 0.25) is 0 Å². The maximum atomic E-state index is 11.8. The van der Waals surface area contributed by atoms with Gasteiger partial charge in [-0.3, -0.25) is 0 Å². The fourth-order valence-corrected chi connectivity index (χ4v) is 2.46. The molecule has 1 aliphatic carbocycles. The molecule has 2 unspecified atom stereocenters. The first-order valence-electron chi connectivity index (χ1n) is 7.14. The highest BCUT2D eigenvalue weighted by Crippen LogP contribution is 2.20. The first-order chi connectivity index (χ1) is 9.44. The highest BCUT2D eigenvalue weighted by molar-refractivity contribution is 5.68. The van der Waals surface area contributed by atoms with E-state index in [1.165, 1.54) is 0 Å². The summed E-state index contributed by atoms with van der Waals surface area (Å²) in [5.41, 5.74) is 0.592. The van der Waals surface area contributed by atoms with Gasteiger partial charge in [0.1, 0.15) is 5.60 Å². The number of nitrogens with one attached hydrogen (secondary N) is 3. The Morgan fingerprint density at radius 1 is 1.45 bits per heavy atom. The van der Waals surface area contributed by atoms with E-state index in [-0.39, 0.29) is 18.2 Å². The highest BCUT2D eigenvalue weighted by atomic mass is 16.6. The van der Waals surface area contributed by atoms with Gasteiger partial charge in [0.2, 0.25) is 0 Å². The predicted octanol–water partition coefficient (Wildman–Crippen LogP) is 1.95. The lowest BCUT2D eigenvalue weighted by Gasteiger charge is -2.25. The van der Waals surface area contributed by atoms with Crippen molar-refractivity contribution in [2.45, 2.75) is 64.3 Å². The lowest BCUT2D eigenvalue weighted by atomic mass is 10.1. The number of rotatable bonds is 4. The number of aromatic amines is 1. The van der Waals surface area contributed by atoms with Gasteiger partial charge >= 0.3 is 6.09 Å². The lowest BCUT2D eigenvalue weighted by molar-refractivity contribution is 0.0498. The molecule has 1 heterocycles. The summed E-state index contributed by atoms with van der Waals surface area (Å²) < 4.78 is 5.30. The minimum absolute atomic E-state index is 0.132. The summed E-state index contributed by atoms with van der Waals surface area (Å²) in [5, 5.41) is 6.43. The number of carbonyl (C=O) groups is 1. The molecule has 0 aromatic carbocycles. The summed E-state index contributed by atoms with van der Waals surface area (Å²) in [4.78, 5) is 18.9. The van der Waals surface area contributed by atoms with Gasteiger partial charge in [0, 0.05) is 30.5 Å². The monoisotopic (exact) mass is 280 g/mol. The zero-order valence-electron chi connectivity index (χ0n) is 12.4. The molecule has 6 nitrogen and oxygen atoms in total. The van der Waals surface area contributed by atoms with Gasteiger partial charge in [0.25, 0.3) is 0 Å². The average molecular weight is 280 g/mol. The number of H-pyrrole nitrogens is 1. The summed E-state index contributed by atoms with van der Waals surface area (Å²) in [7, 11) is 0. The standard InChI is InChI=1S/C14H24N4O2/c1-14(2,3)20-13(19)18-12-6-4-5-11(12)16-8-10-7-15-9-17-10/h7,9,11-12,16H,4-6,8H2,1-3H3,(H,15,17)(H,18,19). The molecule has 112 valence electrons. The number of hydrogen-bond donors (Lipinski definition) is 3. The van der Waals surface area contributed by atoms with Crippen molar-refractivity contribution in [3.8, 4) is 0 Å². The fourth-order valence-electron chi connectivity index (χ4n) is 2.46. The molecule has 1 fully saturated rings. The molecular weight excluding hydrogens is 256 g/mol. The normalized spacial score (nSPS) is 22.8. The number of nitrogens with zero attached hydrogens (tertiary/aromatic N) is 1. The van der Waals surface area contributed by atoms with Crippen LogP contribution < -0.4 is 10.6 Å². The van der Waals surface area contributed by atoms with Crippen molar-refractivity contribution >= 4 is 6.09 Å². The number of aromatic nitrogens is 2. The first-order valence-corrected chi connectivity index (χ1v) is 7.14. The third-order valence-corrected chi connectivity index (χ3v) is 3.33. The fraction of sp³-hybridized carbons (Fsp3) is 0.714. The van der Waals surface area contributed by atoms with E-state index in [9.17, 15) is 4.79 Å². The average Bonchev–Trinajstić information content (AvgIpc) is 2.94. The van der Waals surface area contributed by atoms with Crippen molar-refractivity contribution in [1.29, 1.82) is 0 Å². The van der Waals surface area contributed by atoms with Crippen LogP contribution in [0.5, 0.6) is 0 Å². The first kappa shape index (κ1) is 14.8. The van der Waals surface area contributed by atoms with Crippen molar-refractivity contribution in [1.82, 2.24) is 20.6 Å². The predicted molar refractivity (Wildman–Crippen MR) is 76.2 cm³/mol. The molecule has 1 aromatic rings. The quantitative estimate of drug-likeness (QED) is 0.787. The van der Waals surface area contributed by atoms with Crippen molar-refractivity contribution in [3.63, 3.8) is 0 Å². The van der Waals surface area contributed by atoms with E-state index in [1.807, 2.05) is 20.8 Å². The lowest BCUT2D eigenvalue weighted by Crippen LogP contribution is -2.47. The topological polar surface area (TPSA) is 79.0 Å². The molecule has 20 heavy (non-hydrogen) atoms. The Hall–Kier alpha value is -1.56. The molecule has 3 N–H and O–H groups in total. The SMILES string of the molecule is CC(C)(C)OC(=O)NC1CCCC1NCc1cnc[nH]1. The summed E-state index contributed by atoms with van der Waals surface area (Å²) in [6, 6.07) is 0.415. The van der Waals surface area contributed by atoms with Crippen LogP contribution in [0.15, 0.2) is 12.5 Å². The number of amides is 1. The van der Waals surface area contributed by atoms with E-state index in [2.05, 4.69) is 20.6 Å². The van der Waals surface area contributed by atoms with Crippen LogP contribution in [0.4, 0.5) is 4.79 Å². The molecule has 1 amide bonds.